The van der Waals surface area contributed by atoms with Crippen molar-refractivity contribution in [3.8, 4) is 0 Å². The summed E-state index contributed by atoms with van der Waals surface area (Å²) in [5.74, 6) is -0.857. The van der Waals surface area contributed by atoms with Crippen LogP contribution >= 0.6 is 0 Å². The number of rotatable bonds is 3. The Morgan fingerprint density at radius 2 is 1.47 bits per heavy atom. The van der Waals surface area contributed by atoms with Crippen molar-refractivity contribution in [2.24, 2.45) is 0 Å². The zero-order valence-corrected chi connectivity index (χ0v) is 10.1. The second kappa shape index (κ2) is 5.55. The molecule has 0 aliphatic rings. The van der Waals surface area contributed by atoms with E-state index in [-0.39, 0.29) is 16.0 Å². The van der Waals surface area contributed by atoms with Gasteiger partial charge < -0.3 is 15.2 Å². The zero-order valence-electron chi connectivity index (χ0n) is 9.31. The van der Waals surface area contributed by atoms with Gasteiger partial charge in [-0.15, -0.1) is 0 Å². The molecule has 0 spiro atoms. The molecule has 1 atom stereocenters. The monoisotopic (exact) mass is 256 g/mol. The van der Waals surface area contributed by atoms with Gasteiger partial charge in [0.25, 0.3) is 11.8 Å². The maximum absolute atomic E-state index is 11.4. The Morgan fingerprint density at radius 3 is 1.76 bits per heavy atom. The van der Waals surface area contributed by atoms with Crippen LogP contribution in [-0.2, 0) is 11.1 Å². The summed E-state index contributed by atoms with van der Waals surface area (Å²) < 4.78 is 20.0. The van der Waals surface area contributed by atoms with Crippen molar-refractivity contribution >= 4 is 22.9 Å². The van der Waals surface area contributed by atoms with E-state index in [1.54, 1.807) is 0 Å². The van der Waals surface area contributed by atoms with Crippen LogP contribution in [0.25, 0.3) is 0 Å². The molecule has 0 aliphatic carbocycles. The molecule has 17 heavy (non-hydrogen) atoms. The maximum Gasteiger partial charge on any atom is 0.251 e. The van der Waals surface area contributed by atoms with Gasteiger partial charge in [-0.2, -0.15) is 0 Å². The molecule has 0 radical (unpaired) electrons. The van der Waals surface area contributed by atoms with Crippen LogP contribution in [0.15, 0.2) is 23.1 Å². The lowest BCUT2D eigenvalue weighted by Crippen LogP contribution is -2.21. The van der Waals surface area contributed by atoms with Gasteiger partial charge in [0.05, 0.1) is 4.90 Å². The fourth-order valence-electron chi connectivity index (χ4n) is 1.25. The van der Waals surface area contributed by atoms with Gasteiger partial charge in [-0.1, -0.05) is 0 Å². The number of carbonyl (C=O) groups excluding carboxylic acids is 2. The van der Waals surface area contributed by atoms with Crippen LogP contribution in [0.4, 0.5) is 0 Å². The number of carbonyl (C=O) groups is 2. The maximum atomic E-state index is 11.4. The Labute approximate surface area is 101 Å². The predicted molar refractivity (Wildman–Crippen MR) is 62.3 cm³/mol. The van der Waals surface area contributed by atoms with Crippen LogP contribution in [0.3, 0.4) is 0 Å². The highest BCUT2D eigenvalue weighted by atomic mass is 32.2. The van der Waals surface area contributed by atoms with Crippen molar-refractivity contribution in [2.75, 3.05) is 14.1 Å². The lowest BCUT2D eigenvalue weighted by Gasteiger charge is -2.06. The summed E-state index contributed by atoms with van der Waals surface area (Å²) in [6.07, 6.45) is 0. The second-order valence-corrected chi connectivity index (χ2v) is 4.12. The van der Waals surface area contributed by atoms with Gasteiger partial charge in [-0.3, -0.25) is 9.59 Å². The van der Waals surface area contributed by atoms with Crippen molar-refractivity contribution in [3.63, 3.8) is 0 Å². The number of amides is 2. The lowest BCUT2D eigenvalue weighted by molar-refractivity contribution is 0.0962. The first kappa shape index (κ1) is 13.3. The molecule has 0 heterocycles. The molecule has 6 nitrogen and oxygen atoms in total. The van der Waals surface area contributed by atoms with Crippen molar-refractivity contribution in [1.82, 2.24) is 10.6 Å². The fourth-order valence-corrected chi connectivity index (χ4v) is 1.71. The van der Waals surface area contributed by atoms with Gasteiger partial charge in [-0.25, -0.2) is 4.21 Å². The molecule has 3 N–H and O–H groups in total. The van der Waals surface area contributed by atoms with Crippen molar-refractivity contribution in [3.05, 3.63) is 29.3 Å². The minimum atomic E-state index is -2.25. The summed E-state index contributed by atoms with van der Waals surface area (Å²) in [5.41, 5.74) is 0.317. The molecule has 0 saturated carbocycles. The SMILES string of the molecule is CNC(=O)c1cc(C(=O)NC)cc(S(=O)O)c1. The normalized spacial score (nSPS) is 11.7. The highest BCUT2D eigenvalue weighted by Gasteiger charge is 2.13. The summed E-state index contributed by atoms with van der Waals surface area (Å²) in [5, 5.41) is 4.76. The average Bonchev–Trinajstić information content (AvgIpc) is 2.36. The largest absolute Gasteiger partial charge is 0.355 e. The molecule has 92 valence electrons. The van der Waals surface area contributed by atoms with Gasteiger partial charge in [0.1, 0.15) is 0 Å². The molecule has 0 aromatic heterocycles. The molecule has 2 amide bonds. The van der Waals surface area contributed by atoms with Crippen LogP contribution in [0.5, 0.6) is 0 Å². The molecular weight excluding hydrogens is 244 g/mol. The van der Waals surface area contributed by atoms with Crippen molar-refractivity contribution in [1.29, 1.82) is 0 Å². The third kappa shape index (κ3) is 3.11. The molecule has 1 rings (SSSR count). The average molecular weight is 256 g/mol. The second-order valence-electron chi connectivity index (χ2n) is 3.15. The standard InChI is InChI=1S/C10H12N2O4S/c1-11-9(13)6-3-7(10(14)12-2)5-8(4-6)17(15)16/h3-5H,1-2H3,(H,11,13)(H,12,14)(H,15,16). The summed E-state index contributed by atoms with van der Waals surface area (Å²) in [4.78, 5) is 22.9. The molecule has 0 bridgehead atoms. The minimum absolute atomic E-state index is 0.00435. The summed E-state index contributed by atoms with van der Waals surface area (Å²) >= 11 is -2.25. The van der Waals surface area contributed by atoms with Crippen LogP contribution < -0.4 is 10.6 Å². The van der Waals surface area contributed by atoms with E-state index in [0.29, 0.717) is 0 Å². The van der Waals surface area contributed by atoms with E-state index in [0.717, 1.165) is 0 Å². The first-order valence-corrected chi connectivity index (χ1v) is 5.80. The third-order valence-electron chi connectivity index (χ3n) is 2.09. The molecule has 0 saturated heterocycles. The van der Waals surface area contributed by atoms with E-state index in [4.69, 9.17) is 4.55 Å². The van der Waals surface area contributed by atoms with Crippen LogP contribution in [0.1, 0.15) is 20.7 Å². The van der Waals surface area contributed by atoms with Crippen LogP contribution in [-0.4, -0.2) is 34.7 Å². The Morgan fingerprint density at radius 1 is 1.06 bits per heavy atom. The van der Waals surface area contributed by atoms with E-state index >= 15 is 0 Å². The number of hydrogen-bond donors (Lipinski definition) is 3. The minimum Gasteiger partial charge on any atom is -0.355 e. The first-order chi connectivity index (χ1) is 7.99. The summed E-state index contributed by atoms with van der Waals surface area (Å²) in [6, 6.07) is 3.89. The first-order valence-electron chi connectivity index (χ1n) is 4.69. The van der Waals surface area contributed by atoms with Gasteiger partial charge in [0.15, 0.2) is 11.1 Å². The van der Waals surface area contributed by atoms with E-state index in [1.165, 1.54) is 32.3 Å². The smallest absolute Gasteiger partial charge is 0.251 e. The molecular formula is C10H12N2O4S. The third-order valence-corrected chi connectivity index (χ3v) is 2.73. The quantitative estimate of drug-likeness (QED) is 0.663. The number of hydrogen-bond acceptors (Lipinski definition) is 3. The topological polar surface area (TPSA) is 95.5 Å². The number of nitrogens with one attached hydrogen (secondary N) is 2. The van der Waals surface area contributed by atoms with E-state index < -0.39 is 22.9 Å². The fraction of sp³-hybridized carbons (Fsp3) is 0.200. The molecule has 7 heteroatoms. The van der Waals surface area contributed by atoms with Gasteiger partial charge >= 0.3 is 0 Å². The number of benzene rings is 1. The summed E-state index contributed by atoms with van der Waals surface area (Å²) in [7, 11) is 2.87. The Bertz CT molecular complexity index is 453. The van der Waals surface area contributed by atoms with Gasteiger partial charge in [0, 0.05) is 25.2 Å². The van der Waals surface area contributed by atoms with E-state index in [9.17, 15) is 13.8 Å². The molecule has 1 aromatic rings. The zero-order chi connectivity index (χ0) is 13.0. The van der Waals surface area contributed by atoms with Crippen LogP contribution in [0.2, 0.25) is 0 Å². The Hall–Kier alpha value is -1.73. The van der Waals surface area contributed by atoms with E-state index in [1.807, 2.05) is 0 Å². The molecule has 1 aromatic carbocycles. The van der Waals surface area contributed by atoms with Crippen molar-refractivity contribution in [2.45, 2.75) is 4.90 Å². The van der Waals surface area contributed by atoms with Gasteiger partial charge in [-0.05, 0) is 18.2 Å². The highest BCUT2D eigenvalue weighted by Crippen LogP contribution is 2.13. The lowest BCUT2D eigenvalue weighted by atomic mass is 10.1. The molecule has 0 aliphatic heterocycles. The Balaban J connectivity index is 3.33. The predicted octanol–water partition coefficient (Wildman–Crippen LogP) is -0.0136. The highest BCUT2D eigenvalue weighted by molar-refractivity contribution is 7.79. The molecule has 0 fully saturated rings. The van der Waals surface area contributed by atoms with E-state index in [2.05, 4.69) is 10.6 Å². The van der Waals surface area contributed by atoms with Crippen molar-refractivity contribution < 1.29 is 18.4 Å². The summed E-state index contributed by atoms with van der Waals surface area (Å²) in [6.45, 7) is 0. The van der Waals surface area contributed by atoms with Crippen LogP contribution in [0, 0.1) is 0 Å². The van der Waals surface area contributed by atoms with Gasteiger partial charge in [0.2, 0.25) is 0 Å². The Kier molecular flexibility index (Phi) is 4.36. The molecule has 1 unspecified atom stereocenters.